The van der Waals surface area contributed by atoms with Gasteiger partial charge in [0.05, 0.1) is 24.8 Å². The Labute approximate surface area is 170 Å². The number of aliphatic carboxylic acids is 1. The Morgan fingerprint density at radius 3 is 2.71 bits per heavy atom. The average Bonchev–Trinajstić information content (AvgIpc) is 3.22. The average molecular weight is 418 g/mol. The van der Waals surface area contributed by atoms with Gasteiger partial charge in [-0.15, -0.1) is 0 Å². The summed E-state index contributed by atoms with van der Waals surface area (Å²) in [7, 11) is 3.07. The van der Waals surface area contributed by atoms with Crippen molar-refractivity contribution in [3.8, 4) is 22.8 Å². The van der Waals surface area contributed by atoms with Gasteiger partial charge in [-0.05, 0) is 24.3 Å². The van der Waals surface area contributed by atoms with E-state index in [1.54, 1.807) is 37.6 Å². The fraction of sp³-hybridized carbons (Fsp3) is 0.222. The molecule has 0 aliphatic carbocycles. The number of hydrogen-bond acceptors (Lipinski definition) is 8. The third-order valence-corrected chi connectivity index (χ3v) is 5.08. The smallest absolute Gasteiger partial charge is 0.263 e. The molecule has 1 aromatic carbocycles. The quantitative estimate of drug-likeness (QED) is 0.528. The summed E-state index contributed by atoms with van der Waals surface area (Å²) in [5.41, 5.74) is 1.94. The Hall–Kier alpha value is -2.85. The van der Waals surface area contributed by atoms with Gasteiger partial charge in [0.1, 0.15) is 4.32 Å². The van der Waals surface area contributed by atoms with E-state index in [1.807, 2.05) is 0 Å². The second kappa shape index (κ2) is 8.44. The highest BCUT2D eigenvalue weighted by Gasteiger charge is 2.23. The Kier molecular flexibility index (Phi) is 6.00. The van der Waals surface area contributed by atoms with Crippen molar-refractivity contribution in [2.24, 2.45) is 0 Å². The van der Waals surface area contributed by atoms with E-state index >= 15 is 0 Å². The molecule has 1 aliphatic heterocycles. The maximum atomic E-state index is 12.0. The third-order valence-electron chi connectivity index (χ3n) is 3.92. The highest BCUT2D eigenvalue weighted by molar-refractivity contribution is 8.26. The number of hydrogen-bond donors (Lipinski definition) is 1. The molecule has 1 amide bonds. The molecule has 1 N–H and O–H groups in total. The maximum Gasteiger partial charge on any atom is 0.263 e. The molecule has 2 heterocycles. The number of amides is 1. The molecule has 0 saturated carbocycles. The molecule has 8 nitrogen and oxygen atoms in total. The molecule has 10 heteroatoms. The zero-order valence-electron chi connectivity index (χ0n) is 15.1. The van der Waals surface area contributed by atoms with E-state index < -0.39 is 5.97 Å². The number of methoxy groups -OCH3 is 2. The fourth-order valence-corrected chi connectivity index (χ4v) is 3.67. The number of carbonyl (C=O) groups excluding carboxylic acids is 2. The summed E-state index contributed by atoms with van der Waals surface area (Å²) >= 11 is 6.18. The van der Waals surface area contributed by atoms with Crippen molar-refractivity contribution in [2.45, 2.75) is 13.0 Å². The number of aryl methyl sites for hydroxylation is 1. The number of rotatable bonds is 7. The van der Waals surface area contributed by atoms with Gasteiger partial charge in [-0.2, -0.15) is 5.10 Å². The van der Waals surface area contributed by atoms with Crippen LogP contribution in [0.4, 0.5) is 0 Å². The van der Waals surface area contributed by atoms with E-state index in [-0.39, 0.29) is 18.9 Å². The van der Waals surface area contributed by atoms with Crippen LogP contribution in [0.3, 0.4) is 0 Å². The van der Waals surface area contributed by atoms with Crippen molar-refractivity contribution in [3.63, 3.8) is 0 Å². The minimum absolute atomic E-state index is 0.142. The van der Waals surface area contributed by atoms with Gasteiger partial charge >= 0.3 is 0 Å². The number of thioether (sulfide) groups is 1. The molecule has 0 atom stereocenters. The topological polar surface area (TPSA) is 106 Å². The third kappa shape index (κ3) is 4.34. The Morgan fingerprint density at radius 2 is 2.11 bits per heavy atom. The molecule has 1 saturated heterocycles. The lowest BCUT2D eigenvalue weighted by molar-refractivity contribution is -0.306. The van der Waals surface area contributed by atoms with Gasteiger partial charge in [-0.3, -0.25) is 9.48 Å². The van der Waals surface area contributed by atoms with Crippen molar-refractivity contribution in [1.29, 1.82) is 0 Å². The van der Waals surface area contributed by atoms with E-state index in [9.17, 15) is 14.7 Å². The first-order chi connectivity index (χ1) is 13.4. The Bertz CT molecular complexity index is 984. The minimum Gasteiger partial charge on any atom is -0.550 e. The highest BCUT2D eigenvalue weighted by atomic mass is 32.2. The summed E-state index contributed by atoms with van der Waals surface area (Å²) in [4.78, 5) is 23.2. The zero-order valence-corrected chi connectivity index (χ0v) is 16.7. The largest absolute Gasteiger partial charge is 0.550 e. The number of benzene rings is 1. The van der Waals surface area contributed by atoms with Crippen molar-refractivity contribution in [2.75, 3.05) is 14.2 Å². The number of ether oxygens (including phenoxy) is 2. The lowest BCUT2D eigenvalue weighted by atomic mass is 10.1. The number of thiocarbonyl (C=S) groups is 1. The van der Waals surface area contributed by atoms with Crippen molar-refractivity contribution >= 4 is 46.3 Å². The van der Waals surface area contributed by atoms with Crippen LogP contribution < -0.4 is 19.9 Å². The van der Waals surface area contributed by atoms with E-state index in [0.717, 1.165) is 17.3 Å². The predicted molar refractivity (Wildman–Crippen MR) is 107 cm³/mol. The lowest BCUT2D eigenvalue weighted by Crippen LogP contribution is -2.23. The minimum atomic E-state index is -1.17. The van der Waals surface area contributed by atoms with E-state index in [4.69, 9.17) is 21.7 Å². The highest BCUT2D eigenvalue weighted by Crippen LogP contribution is 2.35. The molecule has 3 rings (SSSR count). The predicted octanol–water partition coefficient (Wildman–Crippen LogP) is 1.20. The van der Waals surface area contributed by atoms with Crippen molar-refractivity contribution < 1.29 is 24.2 Å². The number of carboxylic acids is 1. The molecule has 0 unspecified atom stereocenters. The summed E-state index contributed by atoms with van der Waals surface area (Å²) in [6.07, 6.45) is 3.17. The van der Waals surface area contributed by atoms with Crippen molar-refractivity contribution in [3.05, 3.63) is 34.9 Å². The molecule has 1 aliphatic rings. The lowest BCUT2D eigenvalue weighted by Gasteiger charge is -2.09. The molecule has 2 aromatic rings. The van der Waals surface area contributed by atoms with E-state index in [2.05, 4.69) is 10.4 Å². The zero-order chi connectivity index (χ0) is 20.3. The van der Waals surface area contributed by atoms with Gasteiger partial charge in [0.25, 0.3) is 5.91 Å². The van der Waals surface area contributed by atoms with E-state index in [0.29, 0.717) is 32.0 Å². The van der Waals surface area contributed by atoms with Crippen LogP contribution >= 0.6 is 24.0 Å². The number of nitrogens with zero attached hydrogens (tertiary/aromatic N) is 2. The Morgan fingerprint density at radius 1 is 1.36 bits per heavy atom. The summed E-state index contributed by atoms with van der Waals surface area (Å²) in [6.45, 7) is 0.142. The molecular formula is C18H16N3O5S2-. The molecular weight excluding hydrogens is 402 g/mol. The van der Waals surface area contributed by atoms with Gasteiger partial charge in [-0.1, -0.05) is 24.0 Å². The summed E-state index contributed by atoms with van der Waals surface area (Å²) in [5, 5.41) is 17.8. The summed E-state index contributed by atoms with van der Waals surface area (Å²) in [5.74, 6) is -0.356. The van der Waals surface area contributed by atoms with Gasteiger partial charge in [0.2, 0.25) is 0 Å². The Balaban J connectivity index is 2.05. The second-order valence-electron chi connectivity index (χ2n) is 5.74. The van der Waals surface area contributed by atoms with Gasteiger partial charge in [0, 0.05) is 36.3 Å². The fourth-order valence-electron chi connectivity index (χ4n) is 2.63. The van der Waals surface area contributed by atoms with Gasteiger partial charge in [0.15, 0.2) is 11.5 Å². The summed E-state index contributed by atoms with van der Waals surface area (Å²) in [6, 6.07) is 5.32. The molecule has 146 valence electrons. The monoisotopic (exact) mass is 418 g/mol. The normalized spacial score (nSPS) is 15.0. The number of carbonyl (C=O) groups is 2. The molecule has 0 bridgehead atoms. The van der Waals surface area contributed by atoms with Crippen LogP contribution in [0.1, 0.15) is 12.0 Å². The molecule has 0 radical (unpaired) electrons. The van der Waals surface area contributed by atoms with Gasteiger partial charge < -0.3 is 24.7 Å². The molecule has 1 aromatic heterocycles. The van der Waals surface area contributed by atoms with Crippen LogP contribution in [-0.4, -0.2) is 40.2 Å². The molecule has 28 heavy (non-hydrogen) atoms. The van der Waals surface area contributed by atoms with Gasteiger partial charge in [-0.25, -0.2) is 0 Å². The van der Waals surface area contributed by atoms with Crippen LogP contribution in [-0.2, 0) is 16.1 Å². The standard InChI is InChI=1S/C18H17N3O5S2/c1-25-12-4-3-10(7-13(12)26-2)16-11(8-14-17(24)19-18(27)28-14)9-21(20-16)6-5-15(22)23/h3-4,7-9H,5-6H2,1-2H3,(H,22,23)(H,19,24,27)/p-1/b14-8-. The van der Waals surface area contributed by atoms with Crippen LogP contribution in [0.2, 0.25) is 0 Å². The number of nitrogens with one attached hydrogen (secondary N) is 1. The van der Waals surface area contributed by atoms with Crippen LogP contribution in [0.5, 0.6) is 11.5 Å². The number of aromatic nitrogens is 2. The van der Waals surface area contributed by atoms with E-state index in [1.165, 1.54) is 11.8 Å². The SMILES string of the molecule is COc1ccc(-c2nn(CCC(=O)[O-])cc2/C=C2\SC(=S)NC2=O)cc1OC. The summed E-state index contributed by atoms with van der Waals surface area (Å²) < 4.78 is 12.5. The molecule has 1 fully saturated rings. The van der Waals surface area contributed by atoms with Crippen LogP contribution in [0.25, 0.3) is 17.3 Å². The second-order valence-corrected chi connectivity index (χ2v) is 7.46. The molecule has 0 spiro atoms. The number of carboxylic acid groups (broad SMARTS) is 1. The van der Waals surface area contributed by atoms with Crippen LogP contribution in [0.15, 0.2) is 29.3 Å². The first-order valence-corrected chi connectivity index (χ1v) is 9.38. The van der Waals surface area contributed by atoms with Crippen molar-refractivity contribution in [1.82, 2.24) is 15.1 Å². The first kappa shape index (κ1) is 19.9. The first-order valence-electron chi connectivity index (χ1n) is 8.16. The van der Waals surface area contributed by atoms with Crippen LogP contribution in [0, 0.1) is 0 Å². The maximum absolute atomic E-state index is 12.0.